The fraction of sp³-hybridized carbons (Fsp3) is 0.400. The van der Waals surface area contributed by atoms with Crippen molar-refractivity contribution >= 4 is 11.6 Å². The van der Waals surface area contributed by atoms with E-state index in [4.69, 9.17) is 23.1 Å². The van der Waals surface area contributed by atoms with Crippen molar-refractivity contribution < 1.29 is 5.11 Å². The molecule has 0 aliphatic rings. The van der Waals surface area contributed by atoms with Gasteiger partial charge in [0.05, 0.1) is 0 Å². The van der Waals surface area contributed by atoms with Gasteiger partial charge in [0.2, 0.25) is 0 Å². The molecule has 1 rings (SSSR count). The molecule has 0 aliphatic carbocycles. The van der Waals surface area contributed by atoms with Crippen LogP contribution in [0.4, 0.5) is 0 Å². The van der Waals surface area contributed by atoms with E-state index in [-0.39, 0.29) is 13.1 Å². The van der Waals surface area contributed by atoms with E-state index in [2.05, 4.69) is 0 Å². The van der Waals surface area contributed by atoms with Gasteiger partial charge in [-0.15, -0.1) is 0 Å². The Balaban J connectivity index is 3.24. The number of hydrogen-bond acceptors (Lipinski definition) is 3. The van der Waals surface area contributed by atoms with Crippen LogP contribution in [0.1, 0.15) is 11.1 Å². The van der Waals surface area contributed by atoms with Crippen molar-refractivity contribution in [2.75, 3.05) is 13.1 Å². The van der Waals surface area contributed by atoms with Crippen LogP contribution in [0, 0.1) is 6.92 Å². The van der Waals surface area contributed by atoms with Gasteiger partial charge in [0.25, 0.3) is 0 Å². The standard InChI is InChI=1S/C10H15ClN2O/c1-7-8(3-2-4-9(7)11)10(14,5-12)6-13/h2-4,14H,5-6,12-13H2,1H3. The molecule has 3 nitrogen and oxygen atoms in total. The first kappa shape index (κ1) is 11.5. The van der Waals surface area contributed by atoms with Crippen molar-refractivity contribution in [3.05, 3.63) is 34.3 Å². The molecule has 1 aromatic carbocycles. The average molecular weight is 215 g/mol. The summed E-state index contributed by atoms with van der Waals surface area (Å²) < 4.78 is 0. The zero-order chi connectivity index (χ0) is 10.8. The average Bonchev–Trinajstić information content (AvgIpc) is 2.21. The lowest BCUT2D eigenvalue weighted by molar-refractivity contribution is 0.0548. The second kappa shape index (κ2) is 4.28. The van der Waals surface area contributed by atoms with E-state index in [1.807, 2.05) is 6.92 Å². The first-order valence-corrected chi connectivity index (χ1v) is 4.81. The van der Waals surface area contributed by atoms with Gasteiger partial charge in [-0.05, 0) is 24.1 Å². The van der Waals surface area contributed by atoms with Crippen LogP contribution in [0.25, 0.3) is 0 Å². The Kier molecular flexibility index (Phi) is 3.50. The van der Waals surface area contributed by atoms with Gasteiger partial charge in [0.15, 0.2) is 0 Å². The Hall–Kier alpha value is -0.610. The Bertz CT molecular complexity index is 324. The highest BCUT2D eigenvalue weighted by Gasteiger charge is 2.27. The number of aliphatic hydroxyl groups is 1. The molecule has 0 unspecified atom stereocenters. The van der Waals surface area contributed by atoms with E-state index in [0.717, 1.165) is 5.56 Å². The van der Waals surface area contributed by atoms with E-state index in [9.17, 15) is 5.11 Å². The quantitative estimate of drug-likeness (QED) is 0.696. The van der Waals surface area contributed by atoms with Crippen LogP contribution in [-0.4, -0.2) is 18.2 Å². The highest BCUT2D eigenvalue weighted by molar-refractivity contribution is 6.31. The van der Waals surface area contributed by atoms with Crippen LogP contribution >= 0.6 is 11.6 Å². The normalized spacial score (nSPS) is 11.8. The molecule has 0 aromatic heterocycles. The van der Waals surface area contributed by atoms with Crippen molar-refractivity contribution in [3.8, 4) is 0 Å². The highest BCUT2D eigenvalue weighted by Crippen LogP contribution is 2.27. The molecule has 0 fully saturated rings. The van der Waals surface area contributed by atoms with Gasteiger partial charge in [-0.3, -0.25) is 0 Å². The molecule has 4 heteroatoms. The smallest absolute Gasteiger partial charge is 0.114 e. The third-order valence-electron chi connectivity index (χ3n) is 2.44. The monoisotopic (exact) mass is 214 g/mol. The summed E-state index contributed by atoms with van der Waals surface area (Å²) in [4.78, 5) is 0. The molecule has 5 N–H and O–H groups in total. The molecular formula is C10H15ClN2O. The zero-order valence-electron chi connectivity index (χ0n) is 8.13. The fourth-order valence-electron chi connectivity index (χ4n) is 1.41. The van der Waals surface area contributed by atoms with Crippen molar-refractivity contribution in [1.29, 1.82) is 0 Å². The highest BCUT2D eigenvalue weighted by atomic mass is 35.5. The molecule has 0 aliphatic heterocycles. The molecule has 1 aromatic rings. The van der Waals surface area contributed by atoms with Gasteiger partial charge in [0.1, 0.15) is 5.60 Å². The summed E-state index contributed by atoms with van der Waals surface area (Å²) in [5.74, 6) is 0. The topological polar surface area (TPSA) is 72.3 Å². The molecule has 0 saturated carbocycles. The summed E-state index contributed by atoms with van der Waals surface area (Å²) in [5.41, 5.74) is 11.3. The van der Waals surface area contributed by atoms with Gasteiger partial charge < -0.3 is 16.6 Å². The molecule has 0 spiro atoms. The van der Waals surface area contributed by atoms with Crippen LogP contribution in [-0.2, 0) is 5.60 Å². The molecule has 0 atom stereocenters. The minimum Gasteiger partial charge on any atom is -0.382 e. The fourth-order valence-corrected chi connectivity index (χ4v) is 1.59. The second-order valence-electron chi connectivity index (χ2n) is 3.35. The van der Waals surface area contributed by atoms with E-state index >= 15 is 0 Å². The predicted octanol–water partition coefficient (Wildman–Crippen LogP) is 0.753. The number of halogens is 1. The maximum absolute atomic E-state index is 10.1. The van der Waals surface area contributed by atoms with E-state index in [0.29, 0.717) is 10.6 Å². The summed E-state index contributed by atoms with van der Waals surface area (Å²) >= 11 is 5.94. The van der Waals surface area contributed by atoms with Crippen LogP contribution in [0.15, 0.2) is 18.2 Å². The van der Waals surface area contributed by atoms with Gasteiger partial charge >= 0.3 is 0 Å². The third kappa shape index (κ3) is 1.91. The molecule has 0 bridgehead atoms. The molecule has 0 amide bonds. The van der Waals surface area contributed by atoms with Crippen molar-refractivity contribution in [1.82, 2.24) is 0 Å². The number of rotatable bonds is 3. The largest absolute Gasteiger partial charge is 0.382 e. The summed E-state index contributed by atoms with van der Waals surface area (Å²) in [5, 5.41) is 10.7. The van der Waals surface area contributed by atoms with Crippen molar-refractivity contribution in [3.63, 3.8) is 0 Å². The lowest BCUT2D eigenvalue weighted by atomic mass is 9.90. The zero-order valence-corrected chi connectivity index (χ0v) is 8.88. The van der Waals surface area contributed by atoms with Gasteiger partial charge in [-0.25, -0.2) is 0 Å². The number of nitrogens with two attached hydrogens (primary N) is 2. The van der Waals surface area contributed by atoms with Crippen molar-refractivity contribution in [2.45, 2.75) is 12.5 Å². The van der Waals surface area contributed by atoms with Crippen LogP contribution < -0.4 is 11.5 Å². The Labute approximate surface area is 88.7 Å². The molecular weight excluding hydrogens is 200 g/mol. The lowest BCUT2D eigenvalue weighted by Crippen LogP contribution is -2.42. The Morgan fingerprint density at radius 2 is 1.93 bits per heavy atom. The molecule has 0 radical (unpaired) electrons. The maximum Gasteiger partial charge on any atom is 0.114 e. The summed E-state index contributed by atoms with van der Waals surface area (Å²) in [6.45, 7) is 2.02. The van der Waals surface area contributed by atoms with Gasteiger partial charge in [0, 0.05) is 18.1 Å². The summed E-state index contributed by atoms with van der Waals surface area (Å²) in [7, 11) is 0. The van der Waals surface area contributed by atoms with E-state index in [1.165, 1.54) is 0 Å². The van der Waals surface area contributed by atoms with E-state index < -0.39 is 5.60 Å². The maximum atomic E-state index is 10.1. The summed E-state index contributed by atoms with van der Waals surface area (Å²) in [6, 6.07) is 5.34. The predicted molar refractivity (Wildman–Crippen MR) is 58.2 cm³/mol. The Morgan fingerprint density at radius 3 is 2.43 bits per heavy atom. The molecule has 78 valence electrons. The first-order valence-electron chi connectivity index (χ1n) is 4.43. The minimum absolute atomic E-state index is 0.0880. The SMILES string of the molecule is Cc1c(Cl)cccc1C(O)(CN)CN. The van der Waals surface area contributed by atoms with Crippen LogP contribution in [0.5, 0.6) is 0 Å². The molecule has 14 heavy (non-hydrogen) atoms. The van der Waals surface area contributed by atoms with E-state index in [1.54, 1.807) is 18.2 Å². The first-order chi connectivity index (χ1) is 6.55. The van der Waals surface area contributed by atoms with Crippen LogP contribution in [0.2, 0.25) is 5.02 Å². The van der Waals surface area contributed by atoms with Gasteiger partial charge in [-0.1, -0.05) is 23.7 Å². The van der Waals surface area contributed by atoms with Crippen LogP contribution in [0.3, 0.4) is 0 Å². The molecule has 0 saturated heterocycles. The van der Waals surface area contributed by atoms with Crippen molar-refractivity contribution in [2.24, 2.45) is 11.5 Å². The molecule has 0 heterocycles. The lowest BCUT2D eigenvalue weighted by Gasteiger charge is -2.27. The summed E-state index contributed by atoms with van der Waals surface area (Å²) in [6.07, 6.45) is 0. The third-order valence-corrected chi connectivity index (χ3v) is 2.85. The number of hydrogen-bond donors (Lipinski definition) is 3. The number of benzene rings is 1. The van der Waals surface area contributed by atoms with Gasteiger partial charge in [-0.2, -0.15) is 0 Å². The second-order valence-corrected chi connectivity index (χ2v) is 3.76. The minimum atomic E-state index is -1.17. The Morgan fingerprint density at radius 1 is 1.36 bits per heavy atom.